The Kier molecular flexibility index (Phi) is 2.96. The van der Waals surface area contributed by atoms with Crippen molar-refractivity contribution >= 4 is 0 Å². The van der Waals surface area contributed by atoms with Gasteiger partial charge >= 0.3 is 0 Å². The van der Waals surface area contributed by atoms with Crippen LogP contribution < -0.4 is 5.56 Å². The molecule has 20 heavy (non-hydrogen) atoms. The maximum Gasteiger partial charge on any atom is 0.278 e. The molecular formula is C14H18N4O2. The first-order valence-electron chi connectivity index (χ1n) is 6.93. The molecule has 2 heterocycles. The molecule has 0 saturated heterocycles. The smallest absolute Gasteiger partial charge is 0.278 e. The van der Waals surface area contributed by atoms with Crippen LogP contribution in [0.4, 0.5) is 0 Å². The molecule has 0 amide bonds. The molecule has 6 heteroatoms. The Hall–Kier alpha value is -1.98. The Bertz CT molecular complexity index is 686. The van der Waals surface area contributed by atoms with Crippen LogP contribution in [0.5, 0.6) is 0 Å². The second kappa shape index (κ2) is 4.54. The van der Waals surface area contributed by atoms with Gasteiger partial charge in [0.25, 0.3) is 11.4 Å². The summed E-state index contributed by atoms with van der Waals surface area (Å²) in [6, 6.07) is 3.12. The maximum absolute atomic E-state index is 11.6. The average Bonchev–Trinajstić information content (AvgIpc) is 2.86. The zero-order chi connectivity index (χ0) is 14.3. The first-order chi connectivity index (χ1) is 9.51. The van der Waals surface area contributed by atoms with E-state index in [4.69, 9.17) is 4.52 Å². The molecule has 1 aliphatic rings. The van der Waals surface area contributed by atoms with Gasteiger partial charge < -0.3 is 4.52 Å². The second-order valence-electron chi connectivity index (χ2n) is 5.98. The van der Waals surface area contributed by atoms with Crippen molar-refractivity contribution in [1.82, 2.24) is 19.9 Å². The lowest BCUT2D eigenvalue weighted by atomic mass is 10.1. The SMILES string of the molecule is CCCn1nc(-c2nc([C@H]3CC3(C)C)no2)ccc1=O. The zero-order valence-electron chi connectivity index (χ0n) is 12.0. The van der Waals surface area contributed by atoms with Crippen LogP contribution >= 0.6 is 0 Å². The van der Waals surface area contributed by atoms with Gasteiger partial charge in [-0.05, 0) is 24.3 Å². The molecule has 0 aromatic carbocycles. The minimum atomic E-state index is -0.112. The molecule has 2 aromatic rings. The number of aromatic nitrogens is 4. The highest BCUT2D eigenvalue weighted by molar-refractivity contribution is 5.45. The molecule has 0 unspecified atom stereocenters. The van der Waals surface area contributed by atoms with E-state index in [2.05, 4.69) is 29.1 Å². The van der Waals surface area contributed by atoms with E-state index in [9.17, 15) is 4.79 Å². The van der Waals surface area contributed by atoms with Gasteiger partial charge in [-0.25, -0.2) is 4.68 Å². The van der Waals surface area contributed by atoms with E-state index in [1.54, 1.807) is 6.07 Å². The Balaban J connectivity index is 1.90. The highest BCUT2D eigenvalue weighted by Gasteiger charge is 2.49. The molecular weight excluding hydrogens is 256 g/mol. The summed E-state index contributed by atoms with van der Waals surface area (Å²) in [7, 11) is 0. The van der Waals surface area contributed by atoms with Crippen molar-refractivity contribution in [2.75, 3.05) is 0 Å². The molecule has 0 aliphatic heterocycles. The highest BCUT2D eigenvalue weighted by Crippen LogP contribution is 2.57. The van der Waals surface area contributed by atoms with Crippen molar-refractivity contribution in [3.8, 4) is 11.6 Å². The van der Waals surface area contributed by atoms with Crippen LogP contribution in [0.15, 0.2) is 21.5 Å². The largest absolute Gasteiger partial charge is 0.332 e. The standard InChI is InChI=1S/C14H18N4O2/c1-4-7-18-11(19)6-5-10(16-18)13-15-12(17-20-13)9-8-14(9,2)3/h5-6,9H,4,7-8H2,1-3H3/t9-/m1/s1. The molecule has 0 spiro atoms. The maximum atomic E-state index is 11.6. The molecule has 0 radical (unpaired) electrons. The van der Waals surface area contributed by atoms with E-state index in [1.807, 2.05) is 6.92 Å². The van der Waals surface area contributed by atoms with Gasteiger partial charge in [-0.1, -0.05) is 25.9 Å². The predicted molar refractivity (Wildman–Crippen MR) is 73.2 cm³/mol. The number of hydrogen-bond donors (Lipinski definition) is 0. The molecule has 1 fully saturated rings. The Morgan fingerprint density at radius 2 is 2.20 bits per heavy atom. The molecule has 106 valence electrons. The van der Waals surface area contributed by atoms with Gasteiger partial charge in [-0.2, -0.15) is 10.1 Å². The Morgan fingerprint density at radius 3 is 2.85 bits per heavy atom. The van der Waals surface area contributed by atoms with E-state index in [0.717, 1.165) is 18.7 Å². The van der Waals surface area contributed by atoms with Crippen LogP contribution in [0.1, 0.15) is 45.4 Å². The van der Waals surface area contributed by atoms with Crippen molar-refractivity contribution in [3.05, 3.63) is 28.3 Å². The summed E-state index contributed by atoms with van der Waals surface area (Å²) in [6.07, 6.45) is 1.93. The molecule has 6 nitrogen and oxygen atoms in total. The molecule has 1 aliphatic carbocycles. The van der Waals surface area contributed by atoms with Gasteiger partial charge in [-0.3, -0.25) is 4.79 Å². The lowest BCUT2D eigenvalue weighted by Crippen LogP contribution is -2.22. The number of hydrogen-bond acceptors (Lipinski definition) is 5. The van der Waals surface area contributed by atoms with Gasteiger partial charge in [0.15, 0.2) is 5.82 Å². The van der Waals surface area contributed by atoms with Crippen LogP contribution in [-0.4, -0.2) is 19.9 Å². The van der Waals surface area contributed by atoms with Crippen molar-refractivity contribution < 1.29 is 4.52 Å². The lowest BCUT2D eigenvalue weighted by molar-refractivity contribution is 0.416. The quantitative estimate of drug-likeness (QED) is 0.854. The summed E-state index contributed by atoms with van der Waals surface area (Å²) in [5.74, 6) is 1.48. The van der Waals surface area contributed by atoms with Crippen molar-refractivity contribution in [1.29, 1.82) is 0 Å². The summed E-state index contributed by atoms with van der Waals surface area (Å²) >= 11 is 0. The normalized spacial score (nSPS) is 20.1. The number of rotatable bonds is 4. The van der Waals surface area contributed by atoms with Crippen LogP contribution in [0.3, 0.4) is 0 Å². The monoisotopic (exact) mass is 274 g/mol. The van der Waals surface area contributed by atoms with Gasteiger partial charge in [0, 0.05) is 18.5 Å². The first kappa shape index (κ1) is 13.0. The Labute approximate surface area is 116 Å². The summed E-state index contributed by atoms with van der Waals surface area (Å²) in [6.45, 7) is 6.96. The van der Waals surface area contributed by atoms with Crippen LogP contribution in [0.25, 0.3) is 11.6 Å². The third-order valence-electron chi connectivity index (χ3n) is 3.79. The third kappa shape index (κ3) is 2.26. The summed E-state index contributed by atoms with van der Waals surface area (Å²) in [4.78, 5) is 16.0. The second-order valence-corrected chi connectivity index (χ2v) is 5.98. The fourth-order valence-electron chi connectivity index (χ4n) is 2.32. The first-order valence-corrected chi connectivity index (χ1v) is 6.93. The molecule has 0 N–H and O–H groups in total. The van der Waals surface area contributed by atoms with E-state index in [-0.39, 0.29) is 11.0 Å². The third-order valence-corrected chi connectivity index (χ3v) is 3.79. The predicted octanol–water partition coefficient (Wildman–Crippen LogP) is 2.22. The molecule has 0 bridgehead atoms. The summed E-state index contributed by atoms with van der Waals surface area (Å²) < 4.78 is 6.71. The van der Waals surface area contributed by atoms with Crippen molar-refractivity contribution in [3.63, 3.8) is 0 Å². The lowest BCUT2D eigenvalue weighted by Gasteiger charge is -2.02. The summed E-state index contributed by atoms with van der Waals surface area (Å²) in [5, 5.41) is 8.30. The fraction of sp³-hybridized carbons (Fsp3) is 0.571. The van der Waals surface area contributed by atoms with Gasteiger partial charge in [-0.15, -0.1) is 0 Å². The fourth-order valence-corrected chi connectivity index (χ4v) is 2.32. The topological polar surface area (TPSA) is 73.8 Å². The van der Waals surface area contributed by atoms with Crippen molar-refractivity contribution in [2.24, 2.45) is 5.41 Å². The van der Waals surface area contributed by atoms with E-state index >= 15 is 0 Å². The van der Waals surface area contributed by atoms with Crippen molar-refractivity contribution in [2.45, 2.75) is 46.1 Å². The van der Waals surface area contributed by atoms with Gasteiger partial charge in [0.2, 0.25) is 0 Å². The minimum Gasteiger partial charge on any atom is -0.332 e. The van der Waals surface area contributed by atoms with Gasteiger partial charge in [0.05, 0.1) is 0 Å². The molecule has 1 saturated carbocycles. The van der Waals surface area contributed by atoms with E-state index in [1.165, 1.54) is 10.7 Å². The van der Waals surface area contributed by atoms with Crippen LogP contribution in [-0.2, 0) is 6.54 Å². The number of aryl methyl sites for hydroxylation is 1. The average molecular weight is 274 g/mol. The van der Waals surface area contributed by atoms with Crippen LogP contribution in [0.2, 0.25) is 0 Å². The highest BCUT2D eigenvalue weighted by atomic mass is 16.5. The van der Waals surface area contributed by atoms with E-state index < -0.39 is 0 Å². The summed E-state index contributed by atoms with van der Waals surface area (Å²) in [5.41, 5.74) is 0.698. The van der Waals surface area contributed by atoms with Crippen LogP contribution in [0, 0.1) is 5.41 Å². The molecule has 1 atom stereocenters. The number of nitrogens with zero attached hydrogens (tertiary/aromatic N) is 4. The Morgan fingerprint density at radius 1 is 1.45 bits per heavy atom. The van der Waals surface area contributed by atoms with E-state index in [0.29, 0.717) is 24.0 Å². The zero-order valence-corrected chi connectivity index (χ0v) is 12.0. The molecule has 2 aromatic heterocycles. The molecule has 3 rings (SSSR count). The minimum absolute atomic E-state index is 0.112. The van der Waals surface area contributed by atoms with Gasteiger partial charge in [0.1, 0.15) is 5.69 Å².